The standard InChI is InChI=1S/C9H3F5N2O/c10-8(11)6-4(3-17)1-5(2-15)16-7(6)9(12,13)14/h1,3,8H. The zero-order valence-corrected chi connectivity index (χ0v) is 7.92. The van der Waals surface area contributed by atoms with Crippen LogP contribution in [0.4, 0.5) is 22.0 Å². The van der Waals surface area contributed by atoms with Gasteiger partial charge in [0.2, 0.25) is 0 Å². The summed E-state index contributed by atoms with van der Waals surface area (Å²) in [5.74, 6) is 0. The Bertz CT molecular complexity index is 489. The quantitative estimate of drug-likeness (QED) is 0.599. The summed E-state index contributed by atoms with van der Waals surface area (Å²) in [4.78, 5) is 13.2. The number of aldehydes is 1. The molecule has 1 aromatic heterocycles. The first-order chi connectivity index (χ1) is 7.81. The molecule has 0 amide bonds. The Morgan fingerprint density at radius 2 is 2.00 bits per heavy atom. The number of halogens is 5. The maximum Gasteiger partial charge on any atom is 0.433 e. The van der Waals surface area contributed by atoms with Crippen LogP contribution in [0.5, 0.6) is 0 Å². The molecule has 0 aromatic carbocycles. The summed E-state index contributed by atoms with van der Waals surface area (Å²) in [6.45, 7) is 0. The highest BCUT2D eigenvalue weighted by atomic mass is 19.4. The second-order valence-electron chi connectivity index (χ2n) is 2.89. The zero-order chi connectivity index (χ0) is 13.2. The summed E-state index contributed by atoms with van der Waals surface area (Å²) in [5.41, 5.74) is -5.05. The van der Waals surface area contributed by atoms with Gasteiger partial charge in [0.15, 0.2) is 12.0 Å². The van der Waals surface area contributed by atoms with E-state index in [1.807, 2.05) is 0 Å². The van der Waals surface area contributed by atoms with E-state index >= 15 is 0 Å². The van der Waals surface area contributed by atoms with Crippen LogP contribution in [0, 0.1) is 11.3 Å². The van der Waals surface area contributed by atoms with Gasteiger partial charge in [-0.3, -0.25) is 4.79 Å². The minimum Gasteiger partial charge on any atom is -0.298 e. The maximum absolute atomic E-state index is 12.5. The van der Waals surface area contributed by atoms with Gasteiger partial charge < -0.3 is 0 Å². The van der Waals surface area contributed by atoms with E-state index in [0.717, 1.165) is 0 Å². The van der Waals surface area contributed by atoms with Crippen LogP contribution in [-0.2, 0) is 6.18 Å². The molecule has 0 unspecified atom stereocenters. The first-order valence-corrected chi connectivity index (χ1v) is 4.06. The minimum atomic E-state index is -5.16. The van der Waals surface area contributed by atoms with E-state index in [1.54, 1.807) is 0 Å². The van der Waals surface area contributed by atoms with E-state index in [4.69, 9.17) is 5.26 Å². The van der Waals surface area contributed by atoms with Crippen LogP contribution >= 0.6 is 0 Å². The average molecular weight is 250 g/mol. The van der Waals surface area contributed by atoms with Crippen LogP contribution < -0.4 is 0 Å². The molecule has 8 heteroatoms. The molecule has 17 heavy (non-hydrogen) atoms. The molecule has 0 atom stereocenters. The molecule has 1 rings (SSSR count). The van der Waals surface area contributed by atoms with Gasteiger partial charge in [0.05, 0.1) is 5.56 Å². The van der Waals surface area contributed by atoms with Crippen LogP contribution in [0.3, 0.4) is 0 Å². The van der Waals surface area contributed by atoms with E-state index in [2.05, 4.69) is 4.98 Å². The Labute approximate surface area is 91.5 Å². The van der Waals surface area contributed by atoms with Crippen LogP contribution in [0.2, 0.25) is 0 Å². The normalized spacial score (nSPS) is 11.4. The molecule has 3 nitrogen and oxygen atoms in total. The Morgan fingerprint density at radius 3 is 2.35 bits per heavy atom. The van der Waals surface area contributed by atoms with Crippen LogP contribution in [0.15, 0.2) is 6.07 Å². The van der Waals surface area contributed by atoms with E-state index < -0.39 is 35.1 Å². The molecule has 0 saturated carbocycles. The molecule has 1 aromatic rings. The zero-order valence-electron chi connectivity index (χ0n) is 7.92. The number of alkyl halides is 5. The lowest BCUT2D eigenvalue weighted by Gasteiger charge is -2.13. The maximum atomic E-state index is 12.5. The second-order valence-corrected chi connectivity index (χ2v) is 2.89. The summed E-state index contributed by atoms with van der Waals surface area (Å²) >= 11 is 0. The summed E-state index contributed by atoms with van der Waals surface area (Å²) in [6.07, 6.45) is -8.83. The van der Waals surface area contributed by atoms with E-state index in [-0.39, 0.29) is 6.29 Å². The van der Waals surface area contributed by atoms with Gasteiger partial charge in [0.25, 0.3) is 6.43 Å². The molecule has 0 saturated heterocycles. The highest BCUT2D eigenvalue weighted by Crippen LogP contribution is 2.36. The molecule has 0 bridgehead atoms. The SMILES string of the molecule is N#Cc1cc(C=O)c(C(F)F)c(C(F)(F)F)n1. The molecule has 90 valence electrons. The van der Waals surface area contributed by atoms with Crippen molar-refractivity contribution in [1.82, 2.24) is 4.98 Å². The fourth-order valence-electron chi connectivity index (χ4n) is 1.17. The molecule has 1 heterocycles. The lowest BCUT2D eigenvalue weighted by molar-refractivity contribution is -0.143. The highest BCUT2D eigenvalue weighted by Gasteiger charge is 2.39. The first-order valence-electron chi connectivity index (χ1n) is 4.06. The molecule has 0 N–H and O–H groups in total. The van der Waals surface area contributed by atoms with Crippen molar-refractivity contribution in [3.63, 3.8) is 0 Å². The van der Waals surface area contributed by atoms with Crippen molar-refractivity contribution in [3.05, 3.63) is 28.6 Å². The molecule has 0 aliphatic rings. The number of hydrogen-bond acceptors (Lipinski definition) is 3. The monoisotopic (exact) mass is 250 g/mol. The second kappa shape index (κ2) is 4.45. The third-order valence-electron chi connectivity index (χ3n) is 1.82. The summed E-state index contributed by atoms with van der Waals surface area (Å²) in [5, 5.41) is 8.39. The molecule has 0 aliphatic heterocycles. The molecule has 0 aliphatic carbocycles. The number of aromatic nitrogens is 1. The van der Waals surface area contributed by atoms with E-state index in [0.29, 0.717) is 6.07 Å². The summed E-state index contributed by atoms with van der Waals surface area (Å²) in [7, 11) is 0. The van der Waals surface area contributed by atoms with Gasteiger partial charge in [-0.1, -0.05) is 0 Å². The largest absolute Gasteiger partial charge is 0.433 e. The number of hydrogen-bond donors (Lipinski definition) is 0. The van der Waals surface area contributed by atoms with Crippen molar-refractivity contribution in [1.29, 1.82) is 5.26 Å². The van der Waals surface area contributed by atoms with Gasteiger partial charge in [0.1, 0.15) is 11.8 Å². The average Bonchev–Trinajstić information content (AvgIpc) is 2.25. The molecule has 0 radical (unpaired) electrons. The van der Waals surface area contributed by atoms with Crippen LogP contribution in [-0.4, -0.2) is 11.3 Å². The number of nitrogens with zero attached hydrogens (tertiary/aromatic N) is 2. The van der Waals surface area contributed by atoms with Crippen LogP contribution in [0.25, 0.3) is 0 Å². The number of carbonyl (C=O) groups excluding carboxylic acids is 1. The fourth-order valence-corrected chi connectivity index (χ4v) is 1.17. The first kappa shape index (κ1) is 13.0. The number of rotatable bonds is 2. The van der Waals surface area contributed by atoms with Gasteiger partial charge >= 0.3 is 6.18 Å². The molecule has 0 fully saturated rings. The van der Waals surface area contributed by atoms with Crippen molar-refractivity contribution in [2.24, 2.45) is 0 Å². The van der Waals surface area contributed by atoms with Gasteiger partial charge in [-0.05, 0) is 6.07 Å². The van der Waals surface area contributed by atoms with Gasteiger partial charge in [-0.2, -0.15) is 18.4 Å². The Hall–Kier alpha value is -2.04. The lowest BCUT2D eigenvalue weighted by Crippen LogP contribution is -2.15. The predicted octanol–water partition coefficient (Wildman–Crippen LogP) is 2.72. The number of pyridine rings is 1. The molecular formula is C9H3F5N2O. The van der Waals surface area contributed by atoms with Crippen molar-refractivity contribution >= 4 is 6.29 Å². The van der Waals surface area contributed by atoms with Gasteiger partial charge in [0, 0.05) is 5.56 Å². The van der Waals surface area contributed by atoms with Gasteiger partial charge in [-0.25, -0.2) is 13.8 Å². The Balaban J connectivity index is 3.65. The fraction of sp³-hybridized carbons (Fsp3) is 0.222. The number of nitriles is 1. The Morgan fingerprint density at radius 1 is 1.41 bits per heavy atom. The molecule has 0 spiro atoms. The molecular weight excluding hydrogens is 247 g/mol. The van der Waals surface area contributed by atoms with Crippen molar-refractivity contribution in [3.8, 4) is 6.07 Å². The third-order valence-corrected chi connectivity index (χ3v) is 1.82. The summed E-state index contributed by atoms with van der Waals surface area (Å²) in [6, 6.07) is 1.85. The lowest BCUT2D eigenvalue weighted by atomic mass is 10.1. The minimum absolute atomic E-state index is 0.167. The van der Waals surface area contributed by atoms with E-state index in [9.17, 15) is 26.7 Å². The third kappa shape index (κ3) is 2.55. The van der Waals surface area contributed by atoms with Crippen molar-refractivity contribution in [2.45, 2.75) is 12.6 Å². The van der Waals surface area contributed by atoms with Crippen LogP contribution in [0.1, 0.15) is 33.7 Å². The van der Waals surface area contributed by atoms with E-state index in [1.165, 1.54) is 6.07 Å². The highest BCUT2D eigenvalue weighted by molar-refractivity contribution is 5.78. The predicted molar refractivity (Wildman–Crippen MR) is 44.3 cm³/mol. The summed E-state index contributed by atoms with van der Waals surface area (Å²) < 4.78 is 62.2. The number of carbonyl (C=O) groups is 1. The topological polar surface area (TPSA) is 53.8 Å². The van der Waals surface area contributed by atoms with Crippen molar-refractivity contribution in [2.75, 3.05) is 0 Å². The Kier molecular flexibility index (Phi) is 3.41. The van der Waals surface area contributed by atoms with Gasteiger partial charge in [-0.15, -0.1) is 0 Å². The van der Waals surface area contributed by atoms with Crippen molar-refractivity contribution < 1.29 is 26.7 Å². The smallest absolute Gasteiger partial charge is 0.298 e.